The summed E-state index contributed by atoms with van der Waals surface area (Å²) < 4.78 is 6.02. The van der Waals surface area contributed by atoms with Crippen LogP contribution in [0.4, 0.5) is 0 Å². The second-order valence-corrected chi connectivity index (χ2v) is 6.42. The summed E-state index contributed by atoms with van der Waals surface area (Å²) in [4.78, 5) is 9.05. The number of halogens is 1. The van der Waals surface area contributed by atoms with Crippen molar-refractivity contribution in [2.24, 2.45) is 0 Å². The standard InChI is InChI=1S/C22H13ClN2O/c23-20-19-17-12-11-16(14-7-3-1-4-8-14)13-18(17)26-22(19)25-21(24-20)15-9-5-2-6-10-15/h1-13H. The lowest BCUT2D eigenvalue weighted by molar-refractivity contribution is 0.653. The van der Waals surface area contributed by atoms with Gasteiger partial charge in [0.1, 0.15) is 10.7 Å². The average molecular weight is 357 g/mol. The molecule has 3 nitrogen and oxygen atoms in total. The fraction of sp³-hybridized carbons (Fsp3) is 0. The molecule has 124 valence electrons. The Labute approximate surface area is 154 Å². The van der Waals surface area contributed by atoms with E-state index < -0.39 is 0 Å². The third kappa shape index (κ3) is 2.45. The van der Waals surface area contributed by atoms with E-state index in [1.54, 1.807) is 0 Å². The van der Waals surface area contributed by atoms with Gasteiger partial charge >= 0.3 is 0 Å². The van der Waals surface area contributed by atoms with E-state index >= 15 is 0 Å². The first-order valence-corrected chi connectivity index (χ1v) is 8.68. The van der Waals surface area contributed by atoms with Crippen LogP contribution in [0.25, 0.3) is 44.6 Å². The molecule has 0 bridgehead atoms. The lowest BCUT2D eigenvalue weighted by Gasteiger charge is -2.01. The van der Waals surface area contributed by atoms with Crippen LogP contribution in [-0.4, -0.2) is 9.97 Å². The van der Waals surface area contributed by atoms with Crippen LogP contribution in [0.2, 0.25) is 5.15 Å². The first kappa shape index (κ1) is 15.1. The maximum absolute atomic E-state index is 6.48. The molecular formula is C22H13ClN2O. The van der Waals surface area contributed by atoms with Gasteiger partial charge in [-0.2, -0.15) is 4.98 Å². The van der Waals surface area contributed by atoms with E-state index in [1.165, 1.54) is 0 Å². The van der Waals surface area contributed by atoms with E-state index in [-0.39, 0.29) is 0 Å². The molecule has 0 aliphatic rings. The van der Waals surface area contributed by atoms with Crippen molar-refractivity contribution in [2.45, 2.75) is 0 Å². The number of hydrogen-bond donors (Lipinski definition) is 0. The summed E-state index contributed by atoms with van der Waals surface area (Å²) in [5.41, 5.74) is 4.38. The van der Waals surface area contributed by atoms with Crippen molar-refractivity contribution in [3.63, 3.8) is 0 Å². The fourth-order valence-electron chi connectivity index (χ4n) is 3.16. The number of fused-ring (bicyclic) bond motifs is 3. The minimum atomic E-state index is 0.403. The zero-order valence-electron chi connectivity index (χ0n) is 13.7. The van der Waals surface area contributed by atoms with Gasteiger partial charge in [0.2, 0.25) is 5.71 Å². The minimum Gasteiger partial charge on any atom is -0.437 e. The number of furan rings is 1. The van der Waals surface area contributed by atoms with Crippen molar-refractivity contribution < 1.29 is 4.42 Å². The van der Waals surface area contributed by atoms with E-state index in [4.69, 9.17) is 16.0 Å². The zero-order chi connectivity index (χ0) is 17.5. The number of aromatic nitrogens is 2. The summed E-state index contributed by atoms with van der Waals surface area (Å²) in [5.74, 6) is 0.561. The molecule has 0 amide bonds. The highest BCUT2D eigenvalue weighted by Crippen LogP contribution is 2.35. The summed E-state index contributed by atoms with van der Waals surface area (Å²) >= 11 is 6.48. The molecular weight excluding hydrogens is 344 g/mol. The van der Waals surface area contributed by atoms with E-state index in [1.807, 2.05) is 60.7 Å². The fourth-order valence-corrected chi connectivity index (χ4v) is 3.42. The van der Waals surface area contributed by atoms with Gasteiger partial charge in [-0.05, 0) is 23.3 Å². The Morgan fingerprint density at radius 2 is 1.38 bits per heavy atom. The third-order valence-electron chi connectivity index (χ3n) is 4.43. The van der Waals surface area contributed by atoms with Gasteiger partial charge in [-0.3, -0.25) is 0 Å². The number of nitrogens with zero attached hydrogens (tertiary/aromatic N) is 2. The second kappa shape index (κ2) is 5.97. The summed E-state index contributed by atoms with van der Waals surface area (Å²) in [6.45, 7) is 0. The van der Waals surface area contributed by atoms with Gasteiger partial charge in [0, 0.05) is 10.9 Å². The number of hydrogen-bond acceptors (Lipinski definition) is 3. The zero-order valence-corrected chi connectivity index (χ0v) is 14.4. The van der Waals surface area contributed by atoms with Crippen molar-refractivity contribution in [3.8, 4) is 22.5 Å². The molecule has 0 N–H and O–H groups in total. The van der Waals surface area contributed by atoms with Crippen LogP contribution in [0.1, 0.15) is 0 Å². The van der Waals surface area contributed by atoms with E-state index in [2.05, 4.69) is 28.2 Å². The van der Waals surface area contributed by atoms with Gasteiger partial charge in [-0.25, -0.2) is 4.98 Å². The van der Waals surface area contributed by atoms with E-state index in [0.717, 1.165) is 33.0 Å². The van der Waals surface area contributed by atoms with Crippen LogP contribution in [0.3, 0.4) is 0 Å². The highest BCUT2D eigenvalue weighted by Gasteiger charge is 2.16. The van der Waals surface area contributed by atoms with Gasteiger partial charge < -0.3 is 4.42 Å². The lowest BCUT2D eigenvalue weighted by atomic mass is 10.0. The molecule has 4 heteroatoms. The average Bonchev–Trinajstić information content (AvgIpc) is 3.07. The molecule has 26 heavy (non-hydrogen) atoms. The molecule has 0 unspecified atom stereocenters. The van der Waals surface area contributed by atoms with E-state index in [0.29, 0.717) is 16.7 Å². The quantitative estimate of drug-likeness (QED) is 0.345. The molecule has 5 rings (SSSR count). The van der Waals surface area contributed by atoms with Crippen molar-refractivity contribution in [1.29, 1.82) is 0 Å². The van der Waals surface area contributed by atoms with Crippen LogP contribution in [0, 0.1) is 0 Å². The van der Waals surface area contributed by atoms with Crippen LogP contribution in [0.5, 0.6) is 0 Å². The minimum absolute atomic E-state index is 0.403. The van der Waals surface area contributed by atoms with Crippen molar-refractivity contribution in [3.05, 3.63) is 84.0 Å². The maximum atomic E-state index is 6.48. The van der Waals surface area contributed by atoms with Gasteiger partial charge in [-0.1, -0.05) is 78.3 Å². The first-order valence-electron chi connectivity index (χ1n) is 8.30. The Morgan fingerprint density at radius 3 is 2.12 bits per heavy atom. The third-order valence-corrected chi connectivity index (χ3v) is 4.70. The summed E-state index contributed by atoms with van der Waals surface area (Å²) in [6.07, 6.45) is 0. The van der Waals surface area contributed by atoms with Crippen molar-refractivity contribution in [2.75, 3.05) is 0 Å². The Hall–Kier alpha value is -3.17. The van der Waals surface area contributed by atoms with Gasteiger partial charge in [0.25, 0.3) is 0 Å². The molecule has 0 saturated carbocycles. The topological polar surface area (TPSA) is 38.9 Å². The van der Waals surface area contributed by atoms with Crippen LogP contribution in [0.15, 0.2) is 83.3 Å². The molecule has 0 radical (unpaired) electrons. The second-order valence-electron chi connectivity index (χ2n) is 6.06. The molecule has 2 aromatic heterocycles. The van der Waals surface area contributed by atoms with Crippen LogP contribution in [-0.2, 0) is 0 Å². The SMILES string of the molecule is Clc1nc(-c2ccccc2)nc2oc3cc(-c4ccccc4)ccc3c12. The normalized spacial score (nSPS) is 11.3. The maximum Gasteiger partial charge on any atom is 0.232 e. The summed E-state index contributed by atoms with van der Waals surface area (Å²) in [5, 5.41) is 2.07. The Bertz CT molecular complexity index is 1230. The van der Waals surface area contributed by atoms with Crippen LogP contribution < -0.4 is 0 Å². The summed E-state index contributed by atoms with van der Waals surface area (Å²) in [6, 6.07) is 26.0. The van der Waals surface area contributed by atoms with Crippen molar-refractivity contribution >= 4 is 33.7 Å². The van der Waals surface area contributed by atoms with Crippen LogP contribution >= 0.6 is 11.6 Å². The van der Waals surface area contributed by atoms with Gasteiger partial charge in [0.15, 0.2) is 5.82 Å². The molecule has 3 aromatic carbocycles. The predicted octanol–water partition coefficient (Wildman–Crippen LogP) is 6.36. The molecule has 0 aliphatic carbocycles. The van der Waals surface area contributed by atoms with E-state index in [9.17, 15) is 0 Å². The Morgan fingerprint density at radius 1 is 0.692 bits per heavy atom. The molecule has 0 atom stereocenters. The molecule has 0 spiro atoms. The highest BCUT2D eigenvalue weighted by atomic mass is 35.5. The summed E-state index contributed by atoms with van der Waals surface area (Å²) in [7, 11) is 0. The van der Waals surface area contributed by atoms with Gasteiger partial charge in [0.05, 0.1) is 5.39 Å². The smallest absolute Gasteiger partial charge is 0.232 e. The molecule has 2 heterocycles. The number of rotatable bonds is 2. The molecule has 0 saturated heterocycles. The lowest BCUT2D eigenvalue weighted by Crippen LogP contribution is -1.89. The molecule has 5 aromatic rings. The van der Waals surface area contributed by atoms with Gasteiger partial charge in [-0.15, -0.1) is 0 Å². The van der Waals surface area contributed by atoms with Crippen molar-refractivity contribution in [1.82, 2.24) is 9.97 Å². The Balaban J connectivity index is 1.72. The monoisotopic (exact) mass is 356 g/mol. The molecule has 0 aliphatic heterocycles. The largest absolute Gasteiger partial charge is 0.437 e. The molecule has 0 fully saturated rings. The highest BCUT2D eigenvalue weighted by molar-refractivity contribution is 6.36. The first-order chi connectivity index (χ1) is 12.8. The predicted molar refractivity (Wildman–Crippen MR) is 105 cm³/mol. The Kier molecular flexibility index (Phi) is 3.47. The number of benzene rings is 3.